The summed E-state index contributed by atoms with van der Waals surface area (Å²) in [6, 6.07) is 97.7. The lowest BCUT2D eigenvalue weighted by atomic mass is 9.82. The Morgan fingerprint density at radius 1 is 0.292 bits per heavy atom. The van der Waals surface area contributed by atoms with Crippen LogP contribution in [0.3, 0.4) is 0 Å². The second-order valence-corrected chi connectivity index (χ2v) is 20.4. The molecule has 0 atom stereocenters. The first-order chi connectivity index (χ1) is 35.4. The van der Waals surface area contributed by atoms with Gasteiger partial charge >= 0.3 is 0 Å². The normalized spacial score (nSPS) is 12.4. The molecule has 3 heteroatoms. The van der Waals surface area contributed by atoms with Crippen molar-refractivity contribution in [3.63, 3.8) is 0 Å². The number of nitrogens with zero attached hydrogens (tertiary/aromatic N) is 2. The number of rotatable bonds is 10. The molecule has 72 heavy (non-hydrogen) atoms. The van der Waals surface area contributed by atoms with Crippen LogP contribution in [0.1, 0.15) is 25.0 Å². The Bertz CT molecular complexity index is 3810. The maximum absolute atomic E-state index is 2.46. The Hall–Kier alpha value is -8.76. The average Bonchev–Trinajstić information content (AvgIpc) is 3.93. The van der Waals surface area contributed by atoms with E-state index < -0.39 is 0 Å². The van der Waals surface area contributed by atoms with Crippen LogP contribution in [0.15, 0.2) is 267 Å². The maximum Gasteiger partial charge on any atom is 0.0473 e. The zero-order valence-electron chi connectivity index (χ0n) is 40.2. The van der Waals surface area contributed by atoms with E-state index in [1.807, 2.05) is 11.3 Å². The fourth-order valence-electron chi connectivity index (χ4n) is 11.0. The van der Waals surface area contributed by atoms with E-state index in [4.69, 9.17) is 0 Å². The van der Waals surface area contributed by atoms with Crippen LogP contribution in [-0.4, -0.2) is 0 Å². The number of hydrogen-bond acceptors (Lipinski definition) is 3. The Morgan fingerprint density at radius 2 is 0.694 bits per heavy atom. The predicted octanol–water partition coefficient (Wildman–Crippen LogP) is 20.0. The summed E-state index contributed by atoms with van der Waals surface area (Å²) in [5, 5.41) is 2.56. The summed E-state index contributed by atoms with van der Waals surface area (Å²) in [7, 11) is 0. The zero-order chi connectivity index (χ0) is 48.2. The second-order valence-electron chi connectivity index (χ2n) is 19.3. The molecule has 0 bridgehead atoms. The third-order valence-corrected chi connectivity index (χ3v) is 15.8. The van der Waals surface area contributed by atoms with Crippen molar-refractivity contribution in [2.45, 2.75) is 19.3 Å². The summed E-state index contributed by atoms with van der Waals surface area (Å²) in [5.74, 6) is 0. The number of para-hydroxylation sites is 2. The van der Waals surface area contributed by atoms with Crippen molar-refractivity contribution in [3.05, 3.63) is 278 Å². The monoisotopic (exact) mass is 938 g/mol. The molecule has 0 aliphatic heterocycles. The highest BCUT2D eigenvalue weighted by Crippen LogP contribution is 2.56. The minimum Gasteiger partial charge on any atom is -0.310 e. The summed E-state index contributed by atoms with van der Waals surface area (Å²) in [6.45, 7) is 4.81. The number of hydrogen-bond donors (Lipinski definition) is 0. The van der Waals surface area contributed by atoms with Crippen LogP contribution in [0.5, 0.6) is 0 Å². The predicted molar refractivity (Wildman–Crippen MR) is 308 cm³/mol. The molecule has 0 radical (unpaired) electrons. The van der Waals surface area contributed by atoms with Crippen molar-refractivity contribution in [3.8, 4) is 55.6 Å². The van der Waals surface area contributed by atoms with E-state index in [9.17, 15) is 0 Å². The third kappa shape index (κ3) is 7.67. The van der Waals surface area contributed by atoms with Gasteiger partial charge in [-0.3, -0.25) is 0 Å². The summed E-state index contributed by atoms with van der Waals surface area (Å²) in [4.78, 5) is 4.86. The minimum absolute atomic E-state index is 0.232. The molecule has 0 saturated carbocycles. The number of anilines is 6. The van der Waals surface area contributed by atoms with E-state index in [0.717, 1.165) is 34.1 Å². The molecule has 1 heterocycles. The van der Waals surface area contributed by atoms with Crippen molar-refractivity contribution in [1.29, 1.82) is 0 Å². The van der Waals surface area contributed by atoms with Gasteiger partial charge in [-0.15, -0.1) is 11.3 Å². The smallest absolute Gasteiger partial charge is 0.0473 e. The molecular weight excluding hydrogens is 889 g/mol. The zero-order valence-corrected chi connectivity index (χ0v) is 41.0. The van der Waals surface area contributed by atoms with Crippen LogP contribution in [0, 0.1) is 0 Å². The van der Waals surface area contributed by atoms with Gasteiger partial charge in [-0.05, 0) is 152 Å². The van der Waals surface area contributed by atoms with Gasteiger partial charge in [-0.25, -0.2) is 0 Å². The van der Waals surface area contributed by atoms with Crippen LogP contribution in [0.4, 0.5) is 34.1 Å². The van der Waals surface area contributed by atoms with Gasteiger partial charge in [0, 0.05) is 65.3 Å². The van der Waals surface area contributed by atoms with Crippen LogP contribution >= 0.6 is 11.3 Å². The number of fused-ring (bicyclic) bond motifs is 7. The molecule has 0 N–H and O–H groups in total. The molecule has 0 unspecified atom stereocenters. The van der Waals surface area contributed by atoms with Crippen LogP contribution in [-0.2, 0) is 5.41 Å². The molecule has 1 aromatic heterocycles. The van der Waals surface area contributed by atoms with E-state index in [2.05, 4.69) is 291 Å². The lowest BCUT2D eigenvalue weighted by Crippen LogP contribution is -2.16. The molecule has 0 spiro atoms. The molecule has 1 aliphatic rings. The standard InChI is InChI=1S/C69H50N2S/c1-69(2)64-37-36-61-63-45-57(70(55-29-17-7-18-30-55)59-41-51(47-21-9-3-10-22-47)39-52(42-59)48-23-11-4-12-24-48)34-38-66(63)72-68(61)67(64)62-35-33-58(46-65(62)69)71(56-31-19-8-20-32-56)60-43-53(49-25-13-5-14-26-49)40-54(44-60)50-27-15-6-16-28-50/h3-46H,1-2H3. The fourth-order valence-corrected chi connectivity index (χ4v) is 12.3. The topological polar surface area (TPSA) is 6.48 Å². The molecule has 1 aliphatic carbocycles. The first-order valence-corrected chi connectivity index (χ1v) is 25.6. The molecule has 342 valence electrons. The van der Waals surface area contributed by atoms with Gasteiger partial charge in [-0.2, -0.15) is 0 Å². The van der Waals surface area contributed by atoms with Crippen LogP contribution < -0.4 is 9.80 Å². The highest BCUT2D eigenvalue weighted by atomic mass is 32.1. The lowest BCUT2D eigenvalue weighted by Gasteiger charge is -2.29. The molecular formula is C69H50N2S. The largest absolute Gasteiger partial charge is 0.310 e. The maximum atomic E-state index is 2.46. The first kappa shape index (κ1) is 43.3. The van der Waals surface area contributed by atoms with E-state index in [1.54, 1.807) is 0 Å². The SMILES string of the molecule is CC1(C)c2cc(N(c3ccccc3)c3cc(-c4ccccc4)cc(-c4ccccc4)c3)ccc2-c2c1ccc1c2sc2ccc(N(c3ccccc3)c3cc(-c4ccccc4)cc(-c4ccccc4)c3)cc21. The average molecular weight is 939 g/mol. The van der Waals surface area contributed by atoms with Gasteiger partial charge in [0.05, 0.1) is 0 Å². The van der Waals surface area contributed by atoms with Crippen molar-refractivity contribution in [2.24, 2.45) is 0 Å². The first-order valence-electron chi connectivity index (χ1n) is 24.8. The highest BCUT2D eigenvalue weighted by molar-refractivity contribution is 7.26. The third-order valence-electron chi connectivity index (χ3n) is 14.6. The molecule has 0 fully saturated rings. The van der Waals surface area contributed by atoms with Gasteiger partial charge in [0.2, 0.25) is 0 Å². The van der Waals surface area contributed by atoms with E-state index in [0.29, 0.717) is 0 Å². The van der Waals surface area contributed by atoms with Gasteiger partial charge in [0.1, 0.15) is 0 Å². The Balaban J connectivity index is 0.950. The number of benzene rings is 11. The van der Waals surface area contributed by atoms with Gasteiger partial charge < -0.3 is 9.80 Å². The highest BCUT2D eigenvalue weighted by Gasteiger charge is 2.38. The van der Waals surface area contributed by atoms with Gasteiger partial charge in [0.25, 0.3) is 0 Å². The molecule has 0 amide bonds. The molecule has 2 nitrogen and oxygen atoms in total. The molecule has 13 rings (SSSR count). The van der Waals surface area contributed by atoms with Gasteiger partial charge in [-0.1, -0.05) is 190 Å². The molecule has 11 aromatic carbocycles. The second kappa shape index (κ2) is 17.9. The van der Waals surface area contributed by atoms with Crippen molar-refractivity contribution >= 4 is 65.6 Å². The van der Waals surface area contributed by atoms with Gasteiger partial charge in [0.15, 0.2) is 0 Å². The quantitative estimate of drug-likeness (QED) is 0.135. The summed E-state index contributed by atoms with van der Waals surface area (Å²) < 4.78 is 2.62. The van der Waals surface area contributed by atoms with E-state index in [1.165, 1.54) is 86.9 Å². The van der Waals surface area contributed by atoms with Crippen molar-refractivity contribution in [1.82, 2.24) is 0 Å². The fraction of sp³-hybridized carbons (Fsp3) is 0.0435. The molecule has 12 aromatic rings. The Kier molecular flexibility index (Phi) is 10.7. The van der Waals surface area contributed by atoms with Crippen molar-refractivity contribution in [2.75, 3.05) is 9.80 Å². The minimum atomic E-state index is -0.232. The van der Waals surface area contributed by atoms with Crippen LogP contribution in [0.25, 0.3) is 75.8 Å². The summed E-state index contributed by atoms with van der Waals surface area (Å²) in [5.41, 5.74) is 21.3. The van der Waals surface area contributed by atoms with E-state index >= 15 is 0 Å². The van der Waals surface area contributed by atoms with Crippen molar-refractivity contribution < 1.29 is 0 Å². The Labute approximate surface area is 426 Å². The van der Waals surface area contributed by atoms with Crippen LogP contribution in [0.2, 0.25) is 0 Å². The molecule has 0 saturated heterocycles. The summed E-state index contributed by atoms with van der Waals surface area (Å²) >= 11 is 1.92. The number of thiophene rings is 1. The Morgan fingerprint density at radius 3 is 1.14 bits per heavy atom. The lowest BCUT2D eigenvalue weighted by molar-refractivity contribution is 0.661. The van der Waals surface area contributed by atoms with E-state index in [-0.39, 0.29) is 5.41 Å². The summed E-state index contributed by atoms with van der Waals surface area (Å²) in [6.07, 6.45) is 0.